The van der Waals surface area contributed by atoms with E-state index in [2.05, 4.69) is 28.8 Å². The van der Waals surface area contributed by atoms with Gasteiger partial charge in [-0.1, -0.05) is 24.6 Å². The van der Waals surface area contributed by atoms with Crippen molar-refractivity contribution in [1.29, 1.82) is 0 Å². The van der Waals surface area contributed by atoms with Crippen molar-refractivity contribution in [1.82, 2.24) is 15.1 Å². The number of sulfone groups is 1. The van der Waals surface area contributed by atoms with Crippen molar-refractivity contribution in [2.45, 2.75) is 51.2 Å². The van der Waals surface area contributed by atoms with Crippen LogP contribution in [0.15, 0.2) is 41.3 Å². The number of carbonyl (C=O) groups excluding carboxylic acids is 1. The number of nitrogens with one attached hydrogen (secondary N) is 1. The molecule has 7 nitrogen and oxygen atoms in total. The van der Waals surface area contributed by atoms with Gasteiger partial charge in [0.25, 0.3) is 5.91 Å². The van der Waals surface area contributed by atoms with Crippen LogP contribution in [-0.2, 0) is 22.9 Å². The second-order valence-electron chi connectivity index (χ2n) is 9.11. The summed E-state index contributed by atoms with van der Waals surface area (Å²) >= 11 is 6.01. The number of carbonyl (C=O) groups is 1. The first kappa shape index (κ1) is 29.2. The molecule has 1 amide bonds. The zero-order chi connectivity index (χ0) is 27.4. The number of hydrogen-bond donors (Lipinski definition) is 1. The molecule has 12 heteroatoms. The topological polar surface area (TPSA) is 79.0 Å². The van der Waals surface area contributed by atoms with Crippen LogP contribution in [0, 0.1) is 0 Å². The fourth-order valence-electron chi connectivity index (χ4n) is 4.15. The minimum Gasteiger partial charge on any atom is -0.405 e. The van der Waals surface area contributed by atoms with Crippen LogP contribution in [0.25, 0.3) is 0 Å². The average molecular weight is 562 g/mol. The summed E-state index contributed by atoms with van der Waals surface area (Å²) in [5.74, 6) is -1.26. The number of piperazine rings is 1. The highest BCUT2D eigenvalue weighted by Crippen LogP contribution is 2.29. The Kier molecular flexibility index (Phi) is 9.49. The number of nitrogens with zero attached hydrogens (tertiary/aromatic N) is 2. The average Bonchev–Trinajstić information content (AvgIpc) is 2.83. The molecule has 0 aliphatic carbocycles. The second kappa shape index (κ2) is 12.0. The number of hydrogen-bond acceptors (Lipinski definition) is 6. The Balaban J connectivity index is 1.78. The second-order valence-corrected chi connectivity index (χ2v) is 11.8. The van der Waals surface area contributed by atoms with Gasteiger partial charge in [-0.25, -0.2) is 8.42 Å². The van der Waals surface area contributed by atoms with E-state index in [4.69, 9.17) is 11.6 Å². The van der Waals surface area contributed by atoms with Crippen molar-refractivity contribution >= 4 is 27.3 Å². The minimum absolute atomic E-state index is 0.0358. The van der Waals surface area contributed by atoms with Gasteiger partial charge in [-0.15, -0.1) is 13.2 Å². The lowest BCUT2D eigenvalue weighted by atomic mass is 10.1. The molecule has 0 bridgehead atoms. The Bertz CT molecular complexity index is 1210. The number of ether oxygens (including phenoxy) is 1. The molecule has 0 spiro atoms. The van der Waals surface area contributed by atoms with Crippen LogP contribution in [0.4, 0.5) is 13.2 Å². The van der Waals surface area contributed by atoms with Gasteiger partial charge in [0, 0.05) is 61.5 Å². The maximum Gasteiger partial charge on any atom is 0.573 e. The molecule has 1 fully saturated rings. The highest BCUT2D eigenvalue weighted by atomic mass is 35.5. The molecule has 1 N–H and O–H groups in total. The molecular formula is C25H31ClF3N3O4S. The Morgan fingerprint density at radius 1 is 1.08 bits per heavy atom. The van der Waals surface area contributed by atoms with Crippen molar-refractivity contribution in [3.05, 3.63) is 58.1 Å². The fourth-order valence-corrected chi connectivity index (χ4v) is 5.46. The molecular weight excluding hydrogens is 531 g/mol. The largest absolute Gasteiger partial charge is 0.573 e. The van der Waals surface area contributed by atoms with Gasteiger partial charge in [0.2, 0.25) is 0 Å². The Morgan fingerprint density at radius 3 is 2.35 bits per heavy atom. The third-order valence-corrected chi connectivity index (χ3v) is 8.33. The molecule has 0 saturated carbocycles. The van der Waals surface area contributed by atoms with Gasteiger partial charge in [0.1, 0.15) is 5.75 Å². The fraction of sp³-hybridized carbons (Fsp3) is 0.480. The Labute approximate surface area is 220 Å². The van der Waals surface area contributed by atoms with Gasteiger partial charge in [0.05, 0.1) is 10.6 Å². The molecule has 1 aliphatic rings. The van der Waals surface area contributed by atoms with Crippen LogP contribution in [0.5, 0.6) is 5.75 Å². The minimum atomic E-state index is -4.93. The Hall–Kier alpha value is -2.34. The van der Waals surface area contributed by atoms with E-state index in [1.54, 1.807) is 0 Å². The van der Waals surface area contributed by atoms with Crippen LogP contribution in [0.3, 0.4) is 0 Å². The lowest BCUT2D eigenvalue weighted by Gasteiger charge is -2.37. The first-order valence-corrected chi connectivity index (χ1v) is 14.0. The van der Waals surface area contributed by atoms with Gasteiger partial charge in [-0.05, 0) is 49.7 Å². The van der Waals surface area contributed by atoms with Crippen molar-refractivity contribution in [3.63, 3.8) is 0 Å². The standard InChI is InChI=1S/C25H31ClF3N3O4S/c1-4-37(34,35)23-8-7-21(26)13-20(23)15-30-24(33)18-5-6-19(22(14-18)36-25(27,28)29)16-31-9-11-32(12-10-31)17(2)3/h5-8,13-14,17H,4,9-12,15-16H2,1-3H3,(H,30,33). The summed E-state index contributed by atoms with van der Waals surface area (Å²) < 4.78 is 68.5. The molecule has 2 aromatic carbocycles. The van der Waals surface area contributed by atoms with Crippen molar-refractivity contribution in [2.24, 2.45) is 0 Å². The summed E-state index contributed by atoms with van der Waals surface area (Å²) in [5.41, 5.74) is 0.555. The molecule has 1 aliphatic heterocycles. The molecule has 204 valence electrons. The molecule has 37 heavy (non-hydrogen) atoms. The van der Waals surface area contributed by atoms with Crippen LogP contribution in [0.1, 0.15) is 42.3 Å². The van der Waals surface area contributed by atoms with Gasteiger partial charge in [0.15, 0.2) is 9.84 Å². The number of benzene rings is 2. The summed E-state index contributed by atoms with van der Waals surface area (Å²) in [6.45, 7) is 8.81. The monoisotopic (exact) mass is 561 g/mol. The third kappa shape index (κ3) is 8.07. The number of halogens is 4. The van der Waals surface area contributed by atoms with E-state index in [1.165, 1.54) is 37.3 Å². The predicted octanol–water partition coefficient (Wildman–Crippen LogP) is 4.49. The molecule has 0 aromatic heterocycles. The molecule has 3 rings (SSSR count). The zero-order valence-electron chi connectivity index (χ0n) is 20.9. The van der Waals surface area contributed by atoms with Crippen molar-refractivity contribution < 1.29 is 31.1 Å². The smallest absolute Gasteiger partial charge is 0.405 e. The summed E-state index contributed by atoms with van der Waals surface area (Å²) in [5, 5.41) is 2.86. The van der Waals surface area contributed by atoms with E-state index in [9.17, 15) is 26.4 Å². The summed E-state index contributed by atoms with van der Waals surface area (Å²) in [4.78, 5) is 17.2. The molecule has 0 unspecified atom stereocenters. The number of alkyl halides is 3. The maximum atomic E-state index is 13.2. The van der Waals surface area contributed by atoms with Crippen LogP contribution in [0.2, 0.25) is 5.02 Å². The van der Waals surface area contributed by atoms with E-state index in [0.29, 0.717) is 29.7 Å². The first-order valence-electron chi connectivity index (χ1n) is 11.9. The van der Waals surface area contributed by atoms with E-state index in [-0.39, 0.29) is 34.9 Å². The lowest BCUT2D eigenvalue weighted by molar-refractivity contribution is -0.275. The van der Waals surface area contributed by atoms with E-state index in [1.807, 2.05) is 4.90 Å². The maximum absolute atomic E-state index is 13.2. The van der Waals surface area contributed by atoms with Gasteiger partial charge in [-0.3, -0.25) is 14.6 Å². The van der Waals surface area contributed by atoms with Crippen LogP contribution < -0.4 is 10.1 Å². The quantitative estimate of drug-likeness (QED) is 0.486. The molecule has 0 atom stereocenters. The predicted molar refractivity (Wildman–Crippen MR) is 135 cm³/mol. The van der Waals surface area contributed by atoms with E-state index < -0.39 is 27.9 Å². The highest BCUT2D eigenvalue weighted by Gasteiger charge is 2.33. The molecule has 1 saturated heterocycles. The normalized spacial score (nSPS) is 15.7. The van der Waals surface area contributed by atoms with E-state index in [0.717, 1.165) is 19.2 Å². The van der Waals surface area contributed by atoms with Gasteiger partial charge >= 0.3 is 6.36 Å². The number of amides is 1. The van der Waals surface area contributed by atoms with Crippen LogP contribution in [-0.4, -0.2) is 68.5 Å². The summed E-state index contributed by atoms with van der Waals surface area (Å²) in [6.07, 6.45) is -4.93. The third-order valence-electron chi connectivity index (χ3n) is 6.26. The molecule has 2 aromatic rings. The van der Waals surface area contributed by atoms with E-state index >= 15 is 0 Å². The molecule has 0 radical (unpaired) electrons. The highest BCUT2D eigenvalue weighted by molar-refractivity contribution is 7.91. The SMILES string of the molecule is CCS(=O)(=O)c1ccc(Cl)cc1CNC(=O)c1ccc(CN2CCN(C(C)C)CC2)c(OC(F)(F)F)c1. The lowest BCUT2D eigenvalue weighted by Crippen LogP contribution is -2.48. The Morgan fingerprint density at radius 2 is 1.76 bits per heavy atom. The zero-order valence-corrected chi connectivity index (χ0v) is 22.5. The first-order chi connectivity index (χ1) is 17.3. The van der Waals surface area contributed by atoms with Crippen LogP contribution >= 0.6 is 11.6 Å². The van der Waals surface area contributed by atoms with Gasteiger partial charge < -0.3 is 10.1 Å². The summed E-state index contributed by atoms with van der Waals surface area (Å²) in [7, 11) is -3.58. The molecule has 1 heterocycles. The van der Waals surface area contributed by atoms with Crippen molar-refractivity contribution in [3.8, 4) is 5.75 Å². The summed E-state index contributed by atoms with van der Waals surface area (Å²) in [6, 6.07) is 8.59. The van der Waals surface area contributed by atoms with Crippen molar-refractivity contribution in [2.75, 3.05) is 31.9 Å². The number of rotatable bonds is 9. The van der Waals surface area contributed by atoms with Gasteiger partial charge in [-0.2, -0.15) is 0 Å².